The van der Waals surface area contributed by atoms with Crippen molar-refractivity contribution in [2.45, 2.75) is 20.3 Å². The van der Waals surface area contributed by atoms with Crippen molar-refractivity contribution in [3.05, 3.63) is 33.9 Å². The van der Waals surface area contributed by atoms with Crippen LogP contribution in [0.15, 0.2) is 17.2 Å². The Hall–Kier alpha value is -2.37. The molecular formula is C13H14N2O4. The molecule has 6 heteroatoms. The van der Waals surface area contributed by atoms with E-state index in [0.29, 0.717) is 12.1 Å². The molecule has 0 unspecified atom stereocenters. The van der Waals surface area contributed by atoms with Crippen LogP contribution in [0.2, 0.25) is 0 Å². The van der Waals surface area contributed by atoms with Gasteiger partial charge in [-0.2, -0.15) is 0 Å². The van der Waals surface area contributed by atoms with E-state index >= 15 is 0 Å². The third kappa shape index (κ3) is 2.16. The number of aryl methyl sites for hydroxylation is 1. The number of nitrogens with zero attached hydrogens (tertiary/aromatic N) is 1. The first-order valence-electron chi connectivity index (χ1n) is 5.99. The van der Waals surface area contributed by atoms with Gasteiger partial charge in [0.15, 0.2) is 5.75 Å². The van der Waals surface area contributed by atoms with Crippen molar-refractivity contribution in [2.75, 3.05) is 6.61 Å². The van der Waals surface area contributed by atoms with Gasteiger partial charge in [0.1, 0.15) is 5.56 Å². The lowest BCUT2D eigenvalue weighted by Crippen LogP contribution is -2.18. The maximum Gasteiger partial charge on any atom is 0.343 e. The largest absolute Gasteiger partial charge is 0.504 e. The minimum atomic E-state index is -0.690. The molecule has 2 aromatic heterocycles. The quantitative estimate of drug-likeness (QED) is 0.815. The van der Waals surface area contributed by atoms with Gasteiger partial charge >= 0.3 is 5.97 Å². The van der Waals surface area contributed by atoms with Crippen molar-refractivity contribution in [1.29, 1.82) is 0 Å². The standard InChI is InChI=1S/C13H14N2O4/c1-3-9-12(17)10-7(5-14-9)11(16)8(6-15-10)13(18)19-4-2/h5-6,17H,3-4H2,1-2H3,(H,15,16). The summed E-state index contributed by atoms with van der Waals surface area (Å²) in [4.78, 5) is 30.5. The first kappa shape index (κ1) is 13.1. The van der Waals surface area contributed by atoms with Gasteiger partial charge in [-0.05, 0) is 13.3 Å². The van der Waals surface area contributed by atoms with E-state index in [9.17, 15) is 14.7 Å². The average Bonchev–Trinajstić information content (AvgIpc) is 2.40. The molecule has 0 fully saturated rings. The number of aromatic amines is 1. The Balaban J connectivity index is 2.67. The molecule has 2 rings (SSSR count). The van der Waals surface area contributed by atoms with Crippen molar-refractivity contribution >= 4 is 16.9 Å². The topological polar surface area (TPSA) is 92.3 Å². The second-order valence-electron chi connectivity index (χ2n) is 3.95. The lowest BCUT2D eigenvalue weighted by Gasteiger charge is -2.06. The Kier molecular flexibility index (Phi) is 3.50. The van der Waals surface area contributed by atoms with Crippen LogP contribution in [0.1, 0.15) is 29.9 Å². The predicted octanol–water partition coefficient (Wildman–Crippen LogP) is 1.37. The third-order valence-corrected chi connectivity index (χ3v) is 2.81. The molecule has 0 aliphatic heterocycles. The lowest BCUT2D eigenvalue weighted by atomic mass is 10.1. The highest BCUT2D eigenvalue weighted by Crippen LogP contribution is 2.23. The molecule has 6 nitrogen and oxygen atoms in total. The Morgan fingerprint density at radius 3 is 2.84 bits per heavy atom. The van der Waals surface area contributed by atoms with Crippen molar-refractivity contribution in [3.63, 3.8) is 0 Å². The van der Waals surface area contributed by atoms with Crippen molar-refractivity contribution < 1.29 is 14.6 Å². The molecule has 2 aromatic rings. The summed E-state index contributed by atoms with van der Waals surface area (Å²) in [5.74, 6) is -0.753. The zero-order valence-electron chi connectivity index (χ0n) is 10.7. The van der Waals surface area contributed by atoms with E-state index in [1.54, 1.807) is 6.92 Å². The van der Waals surface area contributed by atoms with Crippen LogP contribution in [0, 0.1) is 0 Å². The summed E-state index contributed by atoms with van der Waals surface area (Å²) in [7, 11) is 0. The number of carbonyl (C=O) groups is 1. The van der Waals surface area contributed by atoms with Gasteiger partial charge in [-0.25, -0.2) is 4.79 Å². The smallest absolute Gasteiger partial charge is 0.343 e. The molecule has 0 bridgehead atoms. The molecule has 0 saturated heterocycles. The van der Waals surface area contributed by atoms with Crippen LogP contribution in [0.3, 0.4) is 0 Å². The van der Waals surface area contributed by atoms with Crippen LogP contribution in [-0.4, -0.2) is 27.7 Å². The fraction of sp³-hybridized carbons (Fsp3) is 0.308. The van der Waals surface area contributed by atoms with Gasteiger partial charge < -0.3 is 14.8 Å². The van der Waals surface area contributed by atoms with Gasteiger partial charge in [0, 0.05) is 12.4 Å². The number of pyridine rings is 2. The number of aromatic nitrogens is 2. The number of fused-ring (bicyclic) bond motifs is 1. The Bertz CT molecular complexity index is 691. The summed E-state index contributed by atoms with van der Waals surface area (Å²) in [6, 6.07) is 0. The predicted molar refractivity (Wildman–Crippen MR) is 69.4 cm³/mol. The molecule has 0 aromatic carbocycles. The summed E-state index contributed by atoms with van der Waals surface area (Å²) >= 11 is 0. The molecule has 0 spiro atoms. The first-order valence-corrected chi connectivity index (χ1v) is 5.99. The maximum atomic E-state index is 12.1. The second kappa shape index (κ2) is 5.09. The number of carbonyl (C=O) groups excluding carboxylic acids is 1. The van der Waals surface area contributed by atoms with E-state index < -0.39 is 11.4 Å². The van der Waals surface area contributed by atoms with E-state index in [0.717, 1.165) is 0 Å². The number of H-pyrrole nitrogens is 1. The number of hydrogen-bond acceptors (Lipinski definition) is 5. The van der Waals surface area contributed by atoms with Crippen molar-refractivity contribution in [3.8, 4) is 5.75 Å². The van der Waals surface area contributed by atoms with Gasteiger partial charge in [0.2, 0.25) is 5.43 Å². The zero-order valence-corrected chi connectivity index (χ0v) is 10.7. The summed E-state index contributed by atoms with van der Waals surface area (Å²) in [5, 5.41) is 10.1. The van der Waals surface area contributed by atoms with Crippen molar-refractivity contribution in [2.24, 2.45) is 0 Å². The molecule has 2 heterocycles. The Labute approximate surface area is 109 Å². The highest BCUT2D eigenvalue weighted by Gasteiger charge is 2.16. The van der Waals surface area contributed by atoms with Gasteiger partial charge in [0.25, 0.3) is 0 Å². The lowest BCUT2D eigenvalue weighted by molar-refractivity contribution is 0.0524. The summed E-state index contributed by atoms with van der Waals surface area (Å²) in [5.41, 5.74) is 0.175. The molecule has 0 saturated carbocycles. The number of aromatic hydroxyl groups is 1. The molecule has 19 heavy (non-hydrogen) atoms. The molecule has 0 aliphatic rings. The van der Waals surface area contributed by atoms with Crippen LogP contribution in [0.5, 0.6) is 5.75 Å². The van der Waals surface area contributed by atoms with Crippen molar-refractivity contribution in [1.82, 2.24) is 9.97 Å². The van der Waals surface area contributed by atoms with E-state index in [2.05, 4.69) is 9.97 Å². The fourth-order valence-corrected chi connectivity index (χ4v) is 1.83. The van der Waals surface area contributed by atoms with Gasteiger partial charge in [0.05, 0.1) is 23.2 Å². The highest BCUT2D eigenvalue weighted by atomic mass is 16.5. The van der Waals surface area contributed by atoms with Crippen LogP contribution >= 0.6 is 0 Å². The third-order valence-electron chi connectivity index (χ3n) is 2.81. The zero-order chi connectivity index (χ0) is 14.0. The molecule has 0 amide bonds. The Morgan fingerprint density at radius 1 is 1.47 bits per heavy atom. The van der Waals surface area contributed by atoms with E-state index in [-0.39, 0.29) is 28.8 Å². The van der Waals surface area contributed by atoms with Crippen LogP contribution in [-0.2, 0) is 11.2 Å². The number of rotatable bonds is 3. The minimum Gasteiger partial charge on any atom is -0.504 e. The summed E-state index contributed by atoms with van der Waals surface area (Å²) in [6.45, 7) is 3.70. The fourth-order valence-electron chi connectivity index (χ4n) is 1.83. The normalized spacial score (nSPS) is 10.6. The molecule has 0 radical (unpaired) electrons. The Morgan fingerprint density at radius 2 is 2.21 bits per heavy atom. The summed E-state index contributed by atoms with van der Waals surface area (Å²) < 4.78 is 4.79. The van der Waals surface area contributed by atoms with E-state index in [1.807, 2.05) is 6.92 Å². The molecule has 0 atom stereocenters. The molecular weight excluding hydrogens is 248 g/mol. The van der Waals surface area contributed by atoms with Crippen LogP contribution < -0.4 is 5.43 Å². The van der Waals surface area contributed by atoms with E-state index in [1.165, 1.54) is 12.4 Å². The SMILES string of the molecule is CCOC(=O)c1c[nH]c2c(O)c(CC)ncc2c1=O. The maximum absolute atomic E-state index is 12.1. The highest BCUT2D eigenvalue weighted by molar-refractivity contribution is 5.94. The number of hydrogen-bond donors (Lipinski definition) is 2. The van der Waals surface area contributed by atoms with Gasteiger partial charge in [-0.15, -0.1) is 0 Å². The monoisotopic (exact) mass is 262 g/mol. The number of nitrogens with one attached hydrogen (secondary N) is 1. The second-order valence-corrected chi connectivity index (χ2v) is 3.95. The average molecular weight is 262 g/mol. The molecule has 0 aliphatic carbocycles. The first-order chi connectivity index (χ1) is 9.10. The molecule has 100 valence electrons. The number of esters is 1. The van der Waals surface area contributed by atoms with Crippen LogP contribution in [0.25, 0.3) is 10.9 Å². The van der Waals surface area contributed by atoms with Gasteiger partial charge in [-0.1, -0.05) is 6.92 Å². The van der Waals surface area contributed by atoms with Gasteiger partial charge in [-0.3, -0.25) is 9.78 Å². The van der Waals surface area contributed by atoms with Crippen LogP contribution in [0.4, 0.5) is 0 Å². The number of ether oxygens (including phenoxy) is 1. The summed E-state index contributed by atoms with van der Waals surface area (Å²) in [6.07, 6.45) is 3.15. The van der Waals surface area contributed by atoms with E-state index in [4.69, 9.17) is 4.74 Å². The molecule has 2 N–H and O–H groups in total. The minimum absolute atomic E-state index is 0.0625.